The molecule has 12 nitrogen and oxygen atoms in total. The van der Waals surface area contributed by atoms with Crippen molar-refractivity contribution in [2.24, 2.45) is 22.7 Å². The van der Waals surface area contributed by atoms with E-state index < -0.39 is 61.9 Å². The van der Waals surface area contributed by atoms with Gasteiger partial charge in [0.05, 0.1) is 22.1 Å². The van der Waals surface area contributed by atoms with Crippen LogP contribution in [0, 0.1) is 22.7 Å². The number of ketones is 1. The molecule has 1 heterocycles. The lowest BCUT2D eigenvalue weighted by atomic mass is 9.55. The van der Waals surface area contributed by atoms with Gasteiger partial charge >= 0.3 is 6.03 Å². The highest BCUT2D eigenvalue weighted by Crippen LogP contribution is 2.57. The van der Waals surface area contributed by atoms with Crippen LogP contribution in [0.15, 0.2) is 0 Å². The lowest BCUT2D eigenvalue weighted by molar-refractivity contribution is -0.144. The molecule has 0 spiro atoms. The largest absolute Gasteiger partial charge is 0.347 e. The first-order chi connectivity index (χ1) is 25.2. The summed E-state index contributed by atoms with van der Waals surface area (Å²) in [5.74, 6) is -2.31. The molecule has 0 aromatic rings. The minimum Gasteiger partial charge on any atom is -0.347 e. The Hall–Kier alpha value is -2.70. The predicted molar refractivity (Wildman–Crippen MR) is 209 cm³/mol. The number of rotatable bonds is 15. The quantitative estimate of drug-likeness (QED) is 0.163. The van der Waals surface area contributed by atoms with Crippen LogP contribution in [-0.4, -0.2) is 89.6 Å². The van der Waals surface area contributed by atoms with E-state index in [4.69, 9.17) is 0 Å². The standard InChI is InChI=1S/C41H69N5O7S/c1-8-9-16-30(33(47)35(49)42-27-17-18-27)43-34(48)32-28-23-39(5,6)29(28)25-46(32)36(50)31(24-40(7)19-12-10-13-20-40)44-37(51)45-41(21-14-11-15-22-41)26-54(52,53)38(2,3)4/h27-32H,8-26H2,1-7H3,(H,42,49)(H,43,48)(H2,44,45,51). The topological polar surface area (TPSA) is 171 Å². The Morgan fingerprint density at radius 1 is 0.852 bits per heavy atom. The number of nitrogens with zero attached hydrogens (tertiary/aromatic N) is 1. The Morgan fingerprint density at radius 2 is 1.46 bits per heavy atom. The highest BCUT2D eigenvalue weighted by Gasteiger charge is 2.61. The minimum atomic E-state index is -3.57. The first-order valence-corrected chi connectivity index (χ1v) is 22.6. The number of nitrogens with one attached hydrogen (secondary N) is 4. The van der Waals surface area contributed by atoms with E-state index in [2.05, 4.69) is 42.0 Å². The van der Waals surface area contributed by atoms with Crippen molar-refractivity contribution in [3.8, 4) is 0 Å². The summed E-state index contributed by atoms with van der Waals surface area (Å²) in [5, 5.41) is 11.8. The molecule has 0 aromatic carbocycles. The summed E-state index contributed by atoms with van der Waals surface area (Å²) in [4.78, 5) is 71.3. The molecule has 4 aliphatic carbocycles. The summed E-state index contributed by atoms with van der Waals surface area (Å²) in [6, 6.07) is -3.32. The molecule has 4 N–H and O–H groups in total. The van der Waals surface area contributed by atoms with Crippen LogP contribution in [0.5, 0.6) is 0 Å². The molecule has 54 heavy (non-hydrogen) atoms. The second-order valence-electron chi connectivity index (χ2n) is 19.7. The number of Topliss-reactive ketones (excluding diaryl/α,β-unsaturated/α-hetero) is 1. The van der Waals surface area contributed by atoms with Crippen LogP contribution in [0.1, 0.15) is 158 Å². The van der Waals surface area contributed by atoms with Crippen molar-refractivity contribution in [1.29, 1.82) is 0 Å². The molecule has 1 saturated heterocycles. The van der Waals surface area contributed by atoms with Gasteiger partial charge in [-0.2, -0.15) is 0 Å². The molecule has 4 saturated carbocycles. The van der Waals surface area contributed by atoms with E-state index in [1.807, 2.05) is 6.92 Å². The first-order valence-electron chi connectivity index (χ1n) is 21.0. The Labute approximate surface area is 324 Å². The summed E-state index contributed by atoms with van der Waals surface area (Å²) >= 11 is 0. The van der Waals surface area contributed by atoms with Crippen LogP contribution in [-0.2, 0) is 29.0 Å². The maximum atomic E-state index is 15.0. The van der Waals surface area contributed by atoms with Crippen molar-refractivity contribution in [1.82, 2.24) is 26.2 Å². The average molecular weight is 776 g/mol. The molecule has 0 radical (unpaired) electrons. The van der Waals surface area contributed by atoms with Crippen LogP contribution >= 0.6 is 0 Å². The maximum absolute atomic E-state index is 15.0. The molecule has 5 unspecified atom stereocenters. The number of carbonyl (C=O) groups excluding carboxylic acids is 5. The zero-order valence-corrected chi connectivity index (χ0v) is 34.9. The molecular weight excluding hydrogens is 707 g/mol. The van der Waals surface area contributed by atoms with Crippen LogP contribution in [0.4, 0.5) is 4.79 Å². The van der Waals surface area contributed by atoms with Crippen molar-refractivity contribution in [3.05, 3.63) is 0 Å². The van der Waals surface area contributed by atoms with E-state index in [1.54, 1.807) is 25.7 Å². The molecule has 1 aliphatic heterocycles. The number of carbonyl (C=O) groups is 5. The first kappa shape index (κ1) is 42.4. The van der Waals surface area contributed by atoms with Gasteiger partial charge in [-0.3, -0.25) is 19.2 Å². The molecule has 5 rings (SSSR count). The van der Waals surface area contributed by atoms with E-state index in [-0.39, 0.29) is 40.4 Å². The van der Waals surface area contributed by atoms with E-state index in [9.17, 15) is 32.4 Å². The Kier molecular flexibility index (Phi) is 12.9. The van der Waals surface area contributed by atoms with Crippen molar-refractivity contribution in [2.75, 3.05) is 12.3 Å². The van der Waals surface area contributed by atoms with Gasteiger partial charge in [-0.15, -0.1) is 0 Å². The van der Waals surface area contributed by atoms with E-state index >= 15 is 0 Å². The smallest absolute Gasteiger partial charge is 0.315 e. The zero-order chi connectivity index (χ0) is 39.7. The van der Waals surface area contributed by atoms with Crippen molar-refractivity contribution >= 4 is 39.4 Å². The monoisotopic (exact) mass is 775 g/mol. The van der Waals surface area contributed by atoms with Gasteiger partial charge in [-0.25, -0.2) is 13.2 Å². The van der Waals surface area contributed by atoms with Crippen molar-refractivity contribution in [3.63, 3.8) is 0 Å². The maximum Gasteiger partial charge on any atom is 0.315 e. The number of fused-ring (bicyclic) bond motifs is 1. The molecule has 0 aromatic heterocycles. The number of unbranched alkanes of at least 4 members (excludes halogenated alkanes) is 1. The van der Waals surface area contributed by atoms with Crippen molar-refractivity contribution in [2.45, 2.75) is 192 Å². The second kappa shape index (κ2) is 16.4. The zero-order valence-electron chi connectivity index (χ0n) is 34.1. The molecule has 13 heteroatoms. The number of hydrogen-bond acceptors (Lipinski definition) is 7. The highest BCUT2D eigenvalue weighted by atomic mass is 32.2. The summed E-state index contributed by atoms with van der Waals surface area (Å²) in [5.41, 5.74) is -1.24. The number of hydrogen-bond donors (Lipinski definition) is 4. The number of urea groups is 1. The average Bonchev–Trinajstić information content (AvgIpc) is 3.83. The Balaban J connectivity index is 1.40. The number of sulfone groups is 1. The van der Waals surface area contributed by atoms with Gasteiger partial charge in [-0.1, -0.05) is 79.1 Å². The molecular formula is C41H69N5O7S. The summed E-state index contributed by atoms with van der Waals surface area (Å²) in [6.45, 7) is 13.8. The van der Waals surface area contributed by atoms with Gasteiger partial charge in [0.1, 0.15) is 12.1 Å². The molecule has 306 valence electrons. The lowest BCUT2D eigenvalue weighted by Gasteiger charge is -2.48. The summed E-state index contributed by atoms with van der Waals surface area (Å²) < 4.78 is 26.0. The molecule has 0 bridgehead atoms. The fourth-order valence-corrected chi connectivity index (χ4v) is 11.3. The van der Waals surface area contributed by atoms with Crippen LogP contribution in [0.2, 0.25) is 0 Å². The van der Waals surface area contributed by atoms with Gasteiger partial charge in [0.25, 0.3) is 5.91 Å². The highest BCUT2D eigenvalue weighted by molar-refractivity contribution is 7.92. The van der Waals surface area contributed by atoms with Crippen molar-refractivity contribution < 1.29 is 32.4 Å². The Bertz CT molecular complexity index is 1520. The lowest BCUT2D eigenvalue weighted by Crippen LogP contribution is -2.62. The number of amides is 5. The van der Waals surface area contributed by atoms with E-state index in [0.29, 0.717) is 38.6 Å². The summed E-state index contributed by atoms with van der Waals surface area (Å²) in [7, 11) is -3.57. The molecule has 5 fully saturated rings. The predicted octanol–water partition coefficient (Wildman–Crippen LogP) is 5.33. The SMILES string of the molecule is CCCCC(NC(=O)C1C2CC(C)(C)C2CN1C(=O)C(CC1(C)CCCCC1)NC(=O)NC1(CS(=O)(=O)C(C)(C)C)CCCCC1)C(=O)C(=O)NC1CC1. The van der Waals surface area contributed by atoms with Crippen LogP contribution in [0.25, 0.3) is 0 Å². The normalized spacial score (nSPS) is 27.0. The van der Waals surface area contributed by atoms with E-state index in [1.165, 1.54) is 0 Å². The second-order valence-corrected chi connectivity index (χ2v) is 22.4. The summed E-state index contributed by atoms with van der Waals surface area (Å²) in [6.07, 6.45) is 13.2. The molecule has 5 atom stereocenters. The van der Waals surface area contributed by atoms with Crippen LogP contribution in [0.3, 0.4) is 0 Å². The fourth-order valence-electron chi connectivity index (χ4n) is 9.78. The van der Waals surface area contributed by atoms with Gasteiger partial charge in [0.15, 0.2) is 9.84 Å². The fraction of sp³-hybridized carbons (Fsp3) is 0.878. The van der Waals surface area contributed by atoms with Crippen LogP contribution < -0.4 is 21.3 Å². The third-order valence-corrected chi connectivity index (χ3v) is 16.3. The third kappa shape index (κ3) is 9.81. The van der Waals surface area contributed by atoms with Gasteiger partial charge in [0, 0.05) is 12.6 Å². The van der Waals surface area contributed by atoms with Gasteiger partial charge < -0.3 is 26.2 Å². The number of likely N-dealkylation sites (tertiary alicyclic amines) is 1. The molecule has 5 aliphatic rings. The van der Waals surface area contributed by atoms with E-state index in [0.717, 1.165) is 77.0 Å². The third-order valence-electron chi connectivity index (χ3n) is 13.5. The van der Waals surface area contributed by atoms with Gasteiger partial charge in [-0.05, 0) is 101 Å². The Morgan fingerprint density at radius 3 is 2.02 bits per heavy atom. The van der Waals surface area contributed by atoms with Gasteiger partial charge in [0.2, 0.25) is 17.6 Å². The molecule has 5 amide bonds. The minimum absolute atomic E-state index is 0.00780.